The number of hydrogen-bond acceptors (Lipinski definition) is 13. The van der Waals surface area contributed by atoms with Gasteiger partial charge in [-0.3, -0.25) is 0 Å². The molecule has 2 heterocycles. The second-order valence-corrected chi connectivity index (χ2v) is 24.6. The first-order chi connectivity index (χ1) is 31.6. The molecule has 67 heavy (non-hydrogen) atoms. The first kappa shape index (κ1) is 56.0. The predicted molar refractivity (Wildman–Crippen MR) is 246 cm³/mol. The molecule has 1 aromatic rings. The zero-order valence-corrected chi connectivity index (χ0v) is 41.6. The average molecular weight is 1070 g/mol. The molecule has 0 aliphatic carbocycles. The van der Waals surface area contributed by atoms with E-state index in [1.165, 1.54) is 17.0 Å². The number of carbonyl (C=O) groups is 10. The van der Waals surface area contributed by atoms with Gasteiger partial charge < -0.3 is 0 Å². The Balaban J connectivity index is 2.05. The normalized spacial score (nSPS) is 24.8. The number of phenols is 1. The number of amides is 10. The van der Waals surface area contributed by atoms with Crippen molar-refractivity contribution in [3.8, 4) is 5.75 Å². The van der Waals surface area contributed by atoms with Crippen molar-refractivity contribution in [2.75, 3.05) is 13.1 Å². The van der Waals surface area contributed by atoms with Crippen molar-refractivity contribution < 1.29 is 53.1 Å². The fourth-order valence-electron chi connectivity index (χ4n) is 7.23. The Hall–Kier alpha value is -5.32. The van der Waals surface area contributed by atoms with Gasteiger partial charge in [0, 0.05) is 0 Å². The molecule has 1 aromatic carbocycles. The van der Waals surface area contributed by atoms with Crippen molar-refractivity contribution in [2.24, 2.45) is 34.8 Å². The summed E-state index contributed by atoms with van der Waals surface area (Å²) >= 11 is -0.842. The van der Waals surface area contributed by atoms with E-state index in [1.807, 2.05) is 13.8 Å². The first-order valence-corrected chi connectivity index (χ1v) is 28.8. The average Bonchev–Trinajstić information content (AvgIpc) is 3.76. The van der Waals surface area contributed by atoms with Crippen LogP contribution < -0.4 is 60.2 Å². The maximum absolute atomic E-state index is 14.5. The molecule has 0 unspecified atom stereocenters. The van der Waals surface area contributed by atoms with Crippen LogP contribution in [0.1, 0.15) is 78.2 Å². The van der Waals surface area contributed by atoms with E-state index in [0.717, 1.165) is 0 Å². The standard InChI is InChI=1S/C42H66N12O11Se2/c1-5-22(4)35-41(64)48-26(12-13-31(44)56)37(60)50-28(17-32(45)57)38(61)51-29(42(65)54-14-6-7-30(54)40(63)52-34(15-21(2)3)47-18-33(46)58)20-67-66-19-25(43)36(59)49-27(39(62)53-35)16-23-8-10-24(55)11-9-23/h8-11,21-22,25-30,34-35,47,55H,5-7,12-20,43H2,1-4H3,(H2,44,56)(H2,45,57)(H2,46,58)(H,48,64)(H,49,59)(H,50,60)(H,51,61)(H,52,63)(H,53,62)/t22-,25-,26-,27-,28-,29-,30-,34-,35-/m0/s1. The van der Waals surface area contributed by atoms with Crippen molar-refractivity contribution in [3.05, 3.63) is 29.8 Å². The molecule has 10 amide bonds. The van der Waals surface area contributed by atoms with Crippen LogP contribution in [0.15, 0.2) is 24.3 Å². The number of nitrogens with two attached hydrogens (primary N) is 4. The van der Waals surface area contributed by atoms with E-state index in [1.54, 1.807) is 26.0 Å². The minimum absolute atomic E-state index is 0.0280. The van der Waals surface area contributed by atoms with Gasteiger partial charge in [0.2, 0.25) is 0 Å². The summed E-state index contributed by atoms with van der Waals surface area (Å²) in [7, 11) is 0. The number of rotatable bonds is 17. The van der Waals surface area contributed by atoms with Crippen LogP contribution in [-0.4, -0.2) is 157 Å². The topological polar surface area (TPSA) is 382 Å². The van der Waals surface area contributed by atoms with E-state index in [4.69, 9.17) is 22.9 Å². The Morgan fingerprint density at radius 2 is 1.40 bits per heavy atom. The molecular formula is C42H66N12O11Se2. The Bertz CT molecular complexity index is 1950. The van der Waals surface area contributed by atoms with Gasteiger partial charge in [0.25, 0.3) is 0 Å². The van der Waals surface area contributed by atoms with E-state index in [0.29, 0.717) is 24.8 Å². The quantitative estimate of drug-likeness (QED) is 0.0519. The molecule has 16 N–H and O–H groups in total. The molecule has 25 heteroatoms. The summed E-state index contributed by atoms with van der Waals surface area (Å²) in [4.78, 5) is 135. The molecule has 0 radical (unpaired) electrons. The van der Waals surface area contributed by atoms with Gasteiger partial charge in [-0.15, -0.1) is 0 Å². The SMILES string of the molecule is CC[C@H](C)[C@@H]1NC(=O)[C@H](Cc2ccc(O)cc2)NC(=O)[C@@H](N)C[Se][Se]C[C@@H](C(=O)N2CCC[C@H]2C(=O)N[C@@H](CC(C)C)NCC(N)=O)NC(=O)[C@H](CC(N)=O)NC(=O)[C@H](CCC(N)=O)NC1=O. The van der Waals surface area contributed by atoms with Gasteiger partial charge in [-0.2, -0.15) is 0 Å². The summed E-state index contributed by atoms with van der Waals surface area (Å²) < 4.78 is 0. The van der Waals surface area contributed by atoms with Crippen LogP contribution in [0.3, 0.4) is 0 Å². The third-order valence-corrected chi connectivity index (χ3v) is 18.2. The molecule has 0 spiro atoms. The molecular weight excluding hydrogens is 1010 g/mol. The summed E-state index contributed by atoms with van der Waals surface area (Å²) in [6.07, 6.45) is -0.715. The first-order valence-electron chi connectivity index (χ1n) is 22.1. The summed E-state index contributed by atoms with van der Waals surface area (Å²) in [5.74, 6) is -8.38. The molecule has 2 fully saturated rings. The Morgan fingerprint density at radius 1 is 0.791 bits per heavy atom. The molecule has 0 aromatic heterocycles. The summed E-state index contributed by atoms with van der Waals surface area (Å²) in [6, 6.07) is -3.25. The molecule has 2 saturated heterocycles. The maximum atomic E-state index is 14.5. The number of benzene rings is 1. The number of aromatic hydroxyl groups is 1. The van der Waals surface area contributed by atoms with Gasteiger partial charge in [0.05, 0.1) is 0 Å². The molecule has 372 valence electrons. The van der Waals surface area contributed by atoms with E-state index in [-0.39, 0.29) is 54.7 Å². The van der Waals surface area contributed by atoms with E-state index < -0.39 is 153 Å². The fraction of sp³-hybridized carbons (Fsp3) is 0.619. The van der Waals surface area contributed by atoms with Crippen LogP contribution in [0.4, 0.5) is 0 Å². The van der Waals surface area contributed by atoms with Gasteiger partial charge >= 0.3 is 402 Å². The van der Waals surface area contributed by atoms with Crippen LogP contribution in [0.25, 0.3) is 0 Å². The number of phenolic OH excluding ortho intramolecular Hbond substituents is 1. The van der Waals surface area contributed by atoms with Crippen molar-refractivity contribution >= 4 is 85.3 Å². The monoisotopic (exact) mass is 1070 g/mol. The number of likely N-dealkylation sites (tertiary alicyclic amines) is 1. The molecule has 0 bridgehead atoms. The zero-order valence-electron chi connectivity index (χ0n) is 38.2. The Morgan fingerprint density at radius 3 is 2.01 bits per heavy atom. The second-order valence-electron chi connectivity index (χ2n) is 17.1. The molecule has 23 nitrogen and oxygen atoms in total. The summed E-state index contributed by atoms with van der Waals surface area (Å²) in [5, 5.41) is 28.8. The van der Waals surface area contributed by atoms with Crippen LogP contribution in [-0.2, 0) is 54.4 Å². The van der Waals surface area contributed by atoms with Gasteiger partial charge in [0.15, 0.2) is 0 Å². The second kappa shape index (κ2) is 27.5. The Kier molecular flexibility index (Phi) is 23.0. The van der Waals surface area contributed by atoms with Gasteiger partial charge in [-0.1, -0.05) is 0 Å². The number of nitrogens with zero attached hydrogens (tertiary/aromatic N) is 1. The van der Waals surface area contributed by atoms with Gasteiger partial charge in [0.1, 0.15) is 0 Å². The third kappa shape index (κ3) is 18.7. The number of hydrogen-bond donors (Lipinski definition) is 12. The predicted octanol–water partition coefficient (Wildman–Crippen LogP) is -4.40. The summed E-state index contributed by atoms with van der Waals surface area (Å²) in [6.45, 7) is 7.22. The number of nitrogens with one attached hydrogen (secondary N) is 7. The van der Waals surface area contributed by atoms with Crippen LogP contribution in [0.2, 0.25) is 10.6 Å². The van der Waals surface area contributed by atoms with Crippen LogP contribution in [0.5, 0.6) is 5.75 Å². The fourth-order valence-corrected chi connectivity index (χ4v) is 14.2. The van der Waals surface area contributed by atoms with Crippen LogP contribution >= 0.6 is 0 Å². The van der Waals surface area contributed by atoms with Crippen molar-refractivity contribution in [2.45, 2.75) is 138 Å². The van der Waals surface area contributed by atoms with E-state index in [9.17, 15) is 53.1 Å². The zero-order chi connectivity index (χ0) is 50.0. The molecule has 9 atom stereocenters. The molecule has 2 aliphatic rings. The minimum atomic E-state index is -1.69. The van der Waals surface area contributed by atoms with Crippen molar-refractivity contribution in [3.63, 3.8) is 0 Å². The molecule has 0 saturated carbocycles. The summed E-state index contributed by atoms with van der Waals surface area (Å²) in [5.41, 5.74) is 23.2. The van der Waals surface area contributed by atoms with E-state index >= 15 is 0 Å². The Labute approximate surface area is 400 Å². The van der Waals surface area contributed by atoms with Gasteiger partial charge in [-0.05, 0) is 0 Å². The van der Waals surface area contributed by atoms with Gasteiger partial charge in [-0.25, -0.2) is 0 Å². The van der Waals surface area contributed by atoms with E-state index in [2.05, 4.69) is 37.2 Å². The third-order valence-electron chi connectivity index (χ3n) is 11.1. The number of primary amides is 3. The van der Waals surface area contributed by atoms with Crippen molar-refractivity contribution in [1.29, 1.82) is 0 Å². The van der Waals surface area contributed by atoms with Crippen LogP contribution in [0, 0.1) is 11.8 Å². The number of carbonyl (C=O) groups excluding carboxylic acids is 10. The van der Waals surface area contributed by atoms with Crippen molar-refractivity contribution in [1.82, 2.24) is 42.1 Å². The molecule has 3 rings (SSSR count). The molecule has 2 aliphatic heterocycles.